The first-order valence-corrected chi connectivity index (χ1v) is 8.02. The second-order valence-corrected chi connectivity index (χ2v) is 6.98. The number of hydrogen-bond donors (Lipinski definition) is 0. The molecule has 4 unspecified atom stereocenters. The summed E-state index contributed by atoms with van der Waals surface area (Å²) in [5.74, 6) is 1.17. The van der Waals surface area contributed by atoms with Crippen molar-refractivity contribution in [2.75, 3.05) is 0 Å². The Morgan fingerprint density at radius 3 is 2.76 bits per heavy atom. The van der Waals surface area contributed by atoms with Gasteiger partial charge in [0, 0.05) is 36.7 Å². The van der Waals surface area contributed by atoms with Crippen molar-refractivity contribution in [2.24, 2.45) is 23.2 Å². The van der Waals surface area contributed by atoms with Crippen molar-refractivity contribution in [3.05, 3.63) is 17.9 Å². The molecule has 4 atom stereocenters. The van der Waals surface area contributed by atoms with Crippen molar-refractivity contribution in [1.29, 1.82) is 0 Å². The zero-order chi connectivity index (χ0) is 15.0. The summed E-state index contributed by atoms with van der Waals surface area (Å²) in [6.07, 6.45) is 7.95. The van der Waals surface area contributed by atoms with E-state index in [1.807, 2.05) is 6.08 Å². The van der Waals surface area contributed by atoms with Gasteiger partial charge in [-0.3, -0.25) is 14.4 Å². The predicted octanol–water partition coefficient (Wildman–Crippen LogP) is 3.03. The molecule has 3 heteroatoms. The molecule has 3 aliphatic rings. The van der Waals surface area contributed by atoms with Crippen LogP contribution in [0.25, 0.3) is 0 Å². The lowest BCUT2D eigenvalue weighted by Crippen LogP contribution is -2.44. The monoisotopic (exact) mass is 286 g/mol. The smallest absolute Gasteiger partial charge is 0.163 e. The standard InChI is InChI=1S/C18H22O3/c1-18-11-10-14-13(15(18)7-9-17(18)21)5-3-2-4-12(19)6-8-16(14)20/h3-4,13-15H,5-11H2,1H3. The second kappa shape index (κ2) is 5.38. The Morgan fingerprint density at radius 1 is 1.14 bits per heavy atom. The Hall–Kier alpha value is -1.47. The number of fused-ring (bicyclic) bond motifs is 3. The number of hydrogen-bond acceptors (Lipinski definition) is 3. The molecule has 3 nitrogen and oxygen atoms in total. The van der Waals surface area contributed by atoms with Gasteiger partial charge in [0.05, 0.1) is 0 Å². The summed E-state index contributed by atoms with van der Waals surface area (Å²) in [5.41, 5.74) is 2.74. The van der Waals surface area contributed by atoms with Crippen molar-refractivity contribution in [3.63, 3.8) is 0 Å². The summed E-state index contributed by atoms with van der Waals surface area (Å²) in [5, 5.41) is 0. The maximum Gasteiger partial charge on any atom is 0.163 e. The molecular formula is C18H22O3. The first-order valence-electron chi connectivity index (χ1n) is 8.02. The van der Waals surface area contributed by atoms with Gasteiger partial charge in [0.25, 0.3) is 0 Å². The predicted molar refractivity (Wildman–Crippen MR) is 78.6 cm³/mol. The van der Waals surface area contributed by atoms with E-state index in [1.54, 1.807) is 0 Å². The number of carbonyl (C=O) groups is 3. The highest BCUT2D eigenvalue weighted by atomic mass is 16.1. The van der Waals surface area contributed by atoms with E-state index in [1.165, 1.54) is 6.08 Å². The summed E-state index contributed by atoms with van der Waals surface area (Å²) in [6.45, 7) is 2.09. The Bertz CT molecular complexity index is 553. The third-order valence-corrected chi connectivity index (χ3v) is 5.93. The van der Waals surface area contributed by atoms with Gasteiger partial charge in [-0.15, -0.1) is 5.73 Å². The molecule has 21 heavy (non-hydrogen) atoms. The quantitative estimate of drug-likeness (QED) is 0.643. The molecule has 0 N–H and O–H groups in total. The minimum absolute atomic E-state index is 0.0188. The maximum atomic E-state index is 12.5. The number of allylic oxidation sites excluding steroid dienone is 1. The van der Waals surface area contributed by atoms with Crippen LogP contribution in [0, 0.1) is 23.2 Å². The molecule has 0 heterocycles. The van der Waals surface area contributed by atoms with Crippen LogP contribution in [0.2, 0.25) is 0 Å². The van der Waals surface area contributed by atoms with Gasteiger partial charge in [0.15, 0.2) is 5.78 Å². The lowest BCUT2D eigenvalue weighted by Gasteiger charge is -2.44. The van der Waals surface area contributed by atoms with Crippen LogP contribution >= 0.6 is 0 Å². The highest BCUT2D eigenvalue weighted by Crippen LogP contribution is 2.55. The second-order valence-electron chi connectivity index (χ2n) is 6.98. The van der Waals surface area contributed by atoms with Crippen LogP contribution in [0.1, 0.15) is 51.9 Å². The molecule has 2 fully saturated rings. The number of carbonyl (C=O) groups excluding carboxylic acids is 3. The van der Waals surface area contributed by atoms with Crippen molar-refractivity contribution in [1.82, 2.24) is 0 Å². The Labute approximate surface area is 125 Å². The zero-order valence-electron chi connectivity index (χ0n) is 12.6. The largest absolute Gasteiger partial charge is 0.299 e. The molecular weight excluding hydrogens is 264 g/mol. The molecule has 0 spiro atoms. The Morgan fingerprint density at radius 2 is 1.95 bits per heavy atom. The fourth-order valence-corrected chi connectivity index (χ4v) is 4.65. The van der Waals surface area contributed by atoms with Crippen LogP contribution in [0.15, 0.2) is 17.9 Å². The molecule has 0 saturated heterocycles. The summed E-state index contributed by atoms with van der Waals surface area (Å²) in [7, 11) is 0. The summed E-state index contributed by atoms with van der Waals surface area (Å²) in [6, 6.07) is 0. The van der Waals surface area contributed by atoms with Gasteiger partial charge < -0.3 is 0 Å². The molecule has 0 aromatic carbocycles. The molecule has 0 amide bonds. The van der Waals surface area contributed by atoms with Crippen LogP contribution in [0.4, 0.5) is 0 Å². The van der Waals surface area contributed by atoms with Crippen LogP contribution in [-0.4, -0.2) is 17.3 Å². The molecule has 2 saturated carbocycles. The highest BCUT2D eigenvalue weighted by molar-refractivity contribution is 5.94. The van der Waals surface area contributed by atoms with Crippen molar-refractivity contribution in [2.45, 2.75) is 51.9 Å². The van der Waals surface area contributed by atoms with E-state index in [2.05, 4.69) is 12.7 Å². The van der Waals surface area contributed by atoms with E-state index in [9.17, 15) is 14.4 Å². The Balaban J connectivity index is 1.93. The van der Waals surface area contributed by atoms with Gasteiger partial charge in [0.1, 0.15) is 11.6 Å². The lowest BCUT2D eigenvalue weighted by molar-refractivity contribution is -0.136. The molecule has 0 aromatic heterocycles. The SMILES string of the molecule is CC12CCC3C(=O)CCC(=O)C=C=CCC3C1CCC2=O. The van der Waals surface area contributed by atoms with Crippen LogP contribution in [0.3, 0.4) is 0 Å². The van der Waals surface area contributed by atoms with E-state index in [4.69, 9.17) is 0 Å². The molecule has 112 valence electrons. The third kappa shape index (κ3) is 2.44. The fraction of sp³-hybridized carbons (Fsp3) is 0.667. The third-order valence-electron chi connectivity index (χ3n) is 5.93. The minimum atomic E-state index is -0.223. The molecule has 0 aliphatic heterocycles. The fourth-order valence-electron chi connectivity index (χ4n) is 4.65. The average Bonchev–Trinajstić information content (AvgIpc) is 2.76. The first kappa shape index (κ1) is 14.5. The van der Waals surface area contributed by atoms with Crippen LogP contribution in [-0.2, 0) is 14.4 Å². The van der Waals surface area contributed by atoms with E-state index in [-0.39, 0.29) is 28.8 Å². The van der Waals surface area contributed by atoms with Gasteiger partial charge in [-0.2, -0.15) is 0 Å². The normalized spacial score (nSPS) is 40.0. The van der Waals surface area contributed by atoms with Crippen molar-refractivity contribution < 1.29 is 14.4 Å². The number of Topliss-reactive ketones (excluding diaryl/α,β-unsaturated/α-hetero) is 2. The summed E-state index contributed by atoms with van der Waals surface area (Å²) in [4.78, 5) is 36.3. The van der Waals surface area contributed by atoms with Gasteiger partial charge in [0.2, 0.25) is 0 Å². The molecule has 0 bridgehead atoms. The van der Waals surface area contributed by atoms with E-state index in [0.29, 0.717) is 31.0 Å². The molecule has 0 aromatic rings. The van der Waals surface area contributed by atoms with Gasteiger partial charge in [-0.1, -0.05) is 6.92 Å². The summed E-state index contributed by atoms with van der Waals surface area (Å²) >= 11 is 0. The van der Waals surface area contributed by atoms with Crippen LogP contribution in [0.5, 0.6) is 0 Å². The maximum absolute atomic E-state index is 12.5. The van der Waals surface area contributed by atoms with Crippen LogP contribution < -0.4 is 0 Å². The first-order chi connectivity index (χ1) is 10.0. The van der Waals surface area contributed by atoms with Crippen molar-refractivity contribution in [3.8, 4) is 0 Å². The highest BCUT2D eigenvalue weighted by Gasteiger charge is 2.54. The van der Waals surface area contributed by atoms with E-state index < -0.39 is 0 Å². The van der Waals surface area contributed by atoms with E-state index in [0.717, 1.165) is 25.7 Å². The number of rotatable bonds is 0. The van der Waals surface area contributed by atoms with E-state index >= 15 is 0 Å². The lowest BCUT2D eigenvalue weighted by atomic mass is 9.58. The summed E-state index contributed by atoms with van der Waals surface area (Å²) < 4.78 is 0. The van der Waals surface area contributed by atoms with Gasteiger partial charge >= 0.3 is 0 Å². The molecule has 0 radical (unpaired) electrons. The van der Waals surface area contributed by atoms with Crippen molar-refractivity contribution >= 4 is 17.3 Å². The molecule has 3 aliphatic carbocycles. The van der Waals surface area contributed by atoms with Gasteiger partial charge in [-0.25, -0.2) is 0 Å². The average molecular weight is 286 g/mol. The molecule has 3 rings (SSSR count). The Kier molecular flexibility index (Phi) is 3.71. The minimum Gasteiger partial charge on any atom is -0.299 e. The zero-order valence-corrected chi connectivity index (χ0v) is 12.6. The topological polar surface area (TPSA) is 51.2 Å². The number of ketones is 3. The van der Waals surface area contributed by atoms with Gasteiger partial charge in [-0.05, 0) is 43.6 Å².